The van der Waals surface area contributed by atoms with Crippen LogP contribution in [0.1, 0.15) is 30.5 Å². The smallest absolute Gasteiger partial charge is 0.0478 e. The Balaban J connectivity index is 2.34. The average molecular weight is 197 g/mol. The summed E-state index contributed by atoms with van der Waals surface area (Å²) in [7, 11) is 0. The van der Waals surface area contributed by atoms with Gasteiger partial charge in [0.15, 0.2) is 0 Å². The van der Waals surface area contributed by atoms with Gasteiger partial charge in [0.05, 0.1) is 0 Å². The van der Waals surface area contributed by atoms with E-state index in [1.54, 1.807) is 0 Å². The molecule has 1 heterocycles. The van der Waals surface area contributed by atoms with Crippen LogP contribution in [-0.2, 0) is 0 Å². The van der Waals surface area contributed by atoms with E-state index in [-0.39, 0.29) is 0 Å². The van der Waals surface area contributed by atoms with Crippen molar-refractivity contribution in [1.29, 1.82) is 0 Å². The first-order chi connectivity index (χ1) is 7.42. The van der Waals surface area contributed by atoms with Crippen molar-refractivity contribution in [2.75, 3.05) is 0 Å². The van der Waals surface area contributed by atoms with E-state index >= 15 is 0 Å². The Morgan fingerprint density at radius 2 is 1.73 bits per heavy atom. The van der Waals surface area contributed by atoms with Crippen LogP contribution in [-0.4, -0.2) is 4.98 Å². The van der Waals surface area contributed by atoms with Crippen LogP contribution in [0, 0.1) is 0 Å². The zero-order valence-electron chi connectivity index (χ0n) is 8.93. The Morgan fingerprint density at radius 3 is 2.33 bits per heavy atom. The second-order valence-corrected chi connectivity index (χ2v) is 3.63. The molecule has 0 amide bonds. The van der Waals surface area contributed by atoms with E-state index in [1.807, 2.05) is 18.3 Å². The minimum atomic E-state index is 0.424. The molecular formula is C14H15N. The number of nitrogens with zero attached hydrogens (tertiary/aromatic N) is 1. The van der Waals surface area contributed by atoms with Gasteiger partial charge >= 0.3 is 0 Å². The molecule has 1 aromatic heterocycles. The molecule has 0 aliphatic carbocycles. The highest BCUT2D eigenvalue weighted by molar-refractivity contribution is 5.27. The standard InChI is InChI=1S/C14H15N/c1-2-13(12-8-4-3-5-9-12)14-10-6-7-11-15-14/h3-11,13H,2H2,1H3/t13-/m0/s1. The monoisotopic (exact) mass is 197 g/mol. The van der Waals surface area contributed by atoms with E-state index in [4.69, 9.17) is 0 Å². The van der Waals surface area contributed by atoms with Crippen LogP contribution in [0.4, 0.5) is 0 Å². The lowest BCUT2D eigenvalue weighted by Crippen LogP contribution is -2.01. The summed E-state index contributed by atoms with van der Waals surface area (Å²) in [6, 6.07) is 16.7. The van der Waals surface area contributed by atoms with Crippen molar-refractivity contribution in [3.8, 4) is 0 Å². The van der Waals surface area contributed by atoms with Crippen molar-refractivity contribution >= 4 is 0 Å². The predicted octanol–water partition coefficient (Wildman–Crippen LogP) is 3.62. The fourth-order valence-electron chi connectivity index (χ4n) is 1.88. The highest BCUT2D eigenvalue weighted by atomic mass is 14.7. The second kappa shape index (κ2) is 4.74. The molecule has 0 bridgehead atoms. The highest BCUT2D eigenvalue weighted by Gasteiger charge is 2.11. The van der Waals surface area contributed by atoms with Crippen LogP contribution in [0.2, 0.25) is 0 Å². The molecule has 0 aliphatic heterocycles. The van der Waals surface area contributed by atoms with Crippen LogP contribution in [0.3, 0.4) is 0 Å². The summed E-state index contributed by atoms with van der Waals surface area (Å²) < 4.78 is 0. The molecule has 0 unspecified atom stereocenters. The first-order valence-electron chi connectivity index (χ1n) is 5.37. The molecule has 1 atom stereocenters. The minimum Gasteiger partial charge on any atom is -0.261 e. The summed E-state index contributed by atoms with van der Waals surface area (Å²) >= 11 is 0. The quantitative estimate of drug-likeness (QED) is 0.732. The molecule has 1 nitrogen and oxygen atoms in total. The first kappa shape index (κ1) is 9.91. The van der Waals surface area contributed by atoms with E-state index in [9.17, 15) is 0 Å². The SMILES string of the molecule is CC[C@@H](c1ccccc1)c1ccccn1. The molecule has 0 fully saturated rings. The maximum absolute atomic E-state index is 4.43. The van der Waals surface area contributed by atoms with Gasteiger partial charge in [0, 0.05) is 17.8 Å². The van der Waals surface area contributed by atoms with Crippen molar-refractivity contribution in [2.45, 2.75) is 19.3 Å². The maximum Gasteiger partial charge on any atom is 0.0478 e. The van der Waals surface area contributed by atoms with Gasteiger partial charge in [0.1, 0.15) is 0 Å². The average Bonchev–Trinajstić information content (AvgIpc) is 2.33. The van der Waals surface area contributed by atoms with Crippen molar-refractivity contribution in [3.05, 3.63) is 66.0 Å². The van der Waals surface area contributed by atoms with Gasteiger partial charge in [0.2, 0.25) is 0 Å². The van der Waals surface area contributed by atoms with Gasteiger partial charge in [-0.05, 0) is 24.1 Å². The Kier molecular flexibility index (Phi) is 3.13. The molecular weight excluding hydrogens is 182 g/mol. The Hall–Kier alpha value is -1.63. The number of pyridine rings is 1. The Morgan fingerprint density at radius 1 is 1.00 bits per heavy atom. The van der Waals surface area contributed by atoms with Crippen LogP contribution >= 0.6 is 0 Å². The van der Waals surface area contributed by atoms with Crippen LogP contribution in [0.5, 0.6) is 0 Å². The normalized spacial score (nSPS) is 12.3. The molecule has 2 aromatic rings. The van der Waals surface area contributed by atoms with E-state index in [0.29, 0.717) is 5.92 Å². The molecule has 1 aromatic carbocycles. The van der Waals surface area contributed by atoms with E-state index in [1.165, 1.54) is 5.56 Å². The molecule has 0 N–H and O–H groups in total. The van der Waals surface area contributed by atoms with Crippen molar-refractivity contribution in [2.24, 2.45) is 0 Å². The van der Waals surface area contributed by atoms with Gasteiger partial charge < -0.3 is 0 Å². The van der Waals surface area contributed by atoms with Crippen molar-refractivity contribution in [1.82, 2.24) is 4.98 Å². The molecule has 0 aliphatic rings. The van der Waals surface area contributed by atoms with Gasteiger partial charge in [-0.1, -0.05) is 43.3 Å². The third-order valence-corrected chi connectivity index (χ3v) is 2.65. The van der Waals surface area contributed by atoms with Gasteiger partial charge in [0.25, 0.3) is 0 Å². The molecule has 76 valence electrons. The van der Waals surface area contributed by atoms with Gasteiger partial charge in [-0.3, -0.25) is 4.98 Å². The number of aromatic nitrogens is 1. The summed E-state index contributed by atoms with van der Waals surface area (Å²) in [5, 5.41) is 0. The summed E-state index contributed by atoms with van der Waals surface area (Å²) in [6.07, 6.45) is 2.95. The minimum absolute atomic E-state index is 0.424. The van der Waals surface area contributed by atoms with E-state index in [0.717, 1.165) is 12.1 Å². The van der Waals surface area contributed by atoms with Crippen LogP contribution < -0.4 is 0 Å². The lowest BCUT2D eigenvalue weighted by molar-refractivity contribution is 0.749. The largest absolute Gasteiger partial charge is 0.261 e. The van der Waals surface area contributed by atoms with Crippen molar-refractivity contribution in [3.63, 3.8) is 0 Å². The third-order valence-electron chi connectivity index (χ3n) is 2.65. The molecule has 0 saturated carbocycles. The zero-order valence-corrected chi connectivity index (χ0v) is 8.93. The number of benzene rings is 1. The second-order valence-electron chi connectivity index (χ2n) is 3.63. The van der Waals surface area contributed by atoms with Crippen molar-refractivity contribution < 1.29 is 0 Å². The lowest BCUT2D eigenvalue weighted by Gasteiger charge is -2.14. The molecule has 0 spiro atoms. The molecule has 0 saturated heterocycles. The highest BCUT2D eigenvalue weighted by Crippen LogP contribution is 2.25. The molecule has 1 heteroatoms. The lowest BCUT2D eigenvalue weighted by atomic mass is 9.93. The van der Waals surface area contributed by atoms with Gasteiger partial charge in [-0.2, -0.15) is 0 Å². The summed E-state index contributed by atoms with van der Waals surface area (Å²) in [4.78, 5) is 4.43. The van der Waals surface area contributed by atoms with E-state index in [2.05, 4.69) is 48.3 Å². The Bertz CT molecular complexity index is 355. The molecule has 15 heavy (non-hydrogen) atoms. The number of rotatable bonds is 3. The van der Waals surface area contributed by atoms with Gasteiger partial charge in [-0.25, -0.2) is 0 Å². The number of hydrogen-bond donors (Lipinski definition) is 0. The first-order valence-corrected chi connectivity index (χ1v) is 5.37. The summed E-state index contributed by atoms with van der Waals surface area (Å²) in [5.41, 5.74) is 2.50. The maximum atomic E-state index is 4.43. The third kappa shape index (κ3) is 2.24. The van der Waals surface area contributed by atoms with Crippen LogP contribution in [0.25, 0.3) is 0 Å². The fraction of sp³-hybridized carbons (Fsp3) is 0.214. The summed E-state index contributed by atoms with van der Waals surface area (Å²) in [6.45, 7) is 2.20. The van der Waals surface area contributed by atoms with Crippen LogP contribution in [0.15, 0.2) is 54.7 Å². The zero-order chi connectivity index (χ0) is 10.5. The van der Waals surface area contributed by atoms with Gasteiger partial charge in [-0.15, -0.1) is 0 Å². The molecule has 0 radical (unpaired) electrons. The fourth-order valence-corrected chi connectivity index (χ4v) is 1.88. The summed E-state index contributed by atoms with van der Waals surface area (Å²) in [5.74, 6) is 0.424. The Labute approximate surface area is 90.8 Å². The van der Waals surface area contributed by atoms with E-state index < -0.39 is 0 Å². The number of hydrogen-bond acceptors (Lipinski definition) is 1. The predicted molar refractivity (Wildman–Crippen MR) is 62.8 cm³/mol. The molecule has 2 rings (SSSR count). The topological polar surface area (TPSA) is 12.9 Å².